The van der Waals surface area contributed by atoms with Crippen molar-refractivity contribution >= 4 is 19.9 Å². The Bertz CT molecular complexity index is 474. The molecule has 0 aromatic heterocycles. The van der Waals surface area contributed by atoms with Gasteiger partial charge in [0.2, 0.25) is 0 Å². The highest BCUT2D eigenvalue weighted by Crippen LogP contribution is 2.11. The van der Waals surface area contributed by atoms with E-state index in [4.69, 9.17) is 9.29 Å². The van der Waals surface area contributed by atoms with Gasteiger partial charge in [0.05, 0.1) is 6.61 Å². The molecule has 0 heterocycles. The van der Waals surface area contributed by atoms with Gasteiger partial charge in [-0.1, -0.05) is 17.7 Å². The van der Waals surface area contributed by atoms with Crippen molar-refractivity contribution in [3.63, 3.8) is 0 Å². The minimum atomic E-state index is -3.90. The summed E-state index contributed by atoms with van der Waals surface area (Å²) in [5.74, 6) is 1.23. The Labute approximate surface area is 124 Å². The SMILES string of the molecule is Cc1ccc(OCCCCNCCSS(=O)(=O)O)cc1. The number of ether oxygens (including phenoxy) is 1. The number of unbranched alkanes of at least 4 members (excludes halogenated alkanes) is 1. The monoisotopic (exact) mass is 319 g/mol. The molecule has 0 saturated carbocycles. The summed E-state index contributed by atoms with van der Waals surface area (Å²) in [7, 11) is -3.36. The third-order valence-electron chi connectivity index (χ3n) is 2.55. The highest BCUT2D eigenvalue weighted by atomic mass is 33.1. The van der Waals surface area contributed by atoms with Crippen molar-refractivity contribution in [1.82, 2.24) is 5.32 Å². The number of hydrogen-bond donors (Lipinski definition) is 2. The topological polar surface area (TPSA) is 75.6 Å². The van der Waals surface area contributed by atoms with Crippen LogP contribution in [0.1, 0.15) is 18.4 Å². The molecule has 0 bridgehead atoms. The van der Waals surface area contributed by atoms with Gasteiger partial charge in [0.15, 0.2) is 0 Å². The van der Waals surface area contributed by atoms with E-state index in [1.165, 1.54) is 5.56 Å². The molecule has 114 valence electrons. The van der Waals surface area contributed by atoms with Crippen molar-refractivity contribution in [2.24, 2.45) is 0 Å². The third-order valence-corrected chi connectivity index (χ3v) is 4.61. The predicted molar refractivity (Wildman–Crippen MR) is 82.8 cm³/mol. The molecule has 1 aromatic rings. The first-order valence-corrected chi connectivity index (χ1v) is 9.44. The smallest absolute Gasteiger partial charge is 0.319 e. The highest BCUT2D eigenvalue weighted by molar-refractivity contribution is 8.69. The molecule has 0 amide bonds. The van der Waals surface area contributed by atoms with Crippen LogP contribution in [0.4, 0.5) is 0 Å². The third kappa shape index (κ3) is 9.19. The largest absolute Gasteiger partial charge is 0.494 e. The minimum absolute atomic E-state index is 0.346. The van der Waals surface area contributed by atoms with Crippen LogP contribution >= 0.6 is 10.8 Å². The summed E-state index contributed by atoms with van der Waals surface area (Å²) in [6.45, 7) is 4.08. The minimum Gasteiger partial charge on any atom is -0.494 e. The van der Waals surface area contributed by atoms with Gasteiger partial charge in [0, 0.05) is 12.3 Å². The lowest BCUT2D eigenvalue weighted by Gasteiger charge is -2.07. The molecule has 2 N–H and O–H groups in total. The molecule has 20 heavy (non-hydrogen) atoms. The summed E-state index contributed by atoms with van der Waals surface area (Å²) in [6, 6.07) is 7.95. The maximum Gasteiger partial charge on any atom is 0.319 e. The average molecular weight is 319 g/mol. The lowest BCUT2D eigenvalue weighted by atomic mass is 10.2. The molecule has 0 spiro atoms. The van der Waals surface area contributed by atoms with Gasteiger partial charge in [0.1, 0.15) is 5.75 Å². The Morgan fingerprint density at radius 2 is 1.90 bits per heavy atom. The number of rotatable bonds is 10. The Morgan fingerprint density at radius 3 is 2.55 bits per heavy atom. The van der Waals surface area contributed by atoms with Crippen LogP contribution < -0.4 is 10.1 Å². The number of aryl methyl sites for hydroxylation is 1. The van der Waals surface area contributed by atoms with Gasteiger partial charge < -0.3 is 10.1 Å². The molecule has 0 aliphatic carbocycles. The van der Waals surface area contributed by atoms with Crippen LogP contribution in [0.15, 0.2) is 24.3 Å². The fraction of sp³-hybridized carbons (Fsp3) is 0.538. The Morgan fingerprint density at radius 1 is 1.20 bits per heavy atom. The summed E-state index contributed by atoms with van der Waals surface area (Å²) in [5, 5.41) is 3.11. The van der Waals surface area contributed by atoms with Crippen LogP contribution in [-0.2, 0) is 9.15 Å². The molecule has 1 aromatic carbocycles. The summed E-state index contributed by atoms with van der Waals surface area (Å²) >= 11 is 0. The molecule has 0 aliphatic heterocycles. The Kier molecular flexibility index (Phi) is 7.98. The fourth-order valence-corrected chi connectivity index (χ4v) is 2.84. The van der Waals surface area contributed by atoms with Crippen molar-refractivity contribution in [3.05, 3.63) is 29.8 Å². The van der Waals surface area contributed by atoms with Crippen LogP contribution in [0.2, 0.25) is 0 Å². The molecule has 0 radical (unpaired) electrons. The maximum absolute atomic E-state index is 10.4. The van der Waals surface area contributed by atoms with Crippen LogP contribution in [0.25, 0.3) is 0 Å². The molecule has 0 unspecified atom stereocenters. The number of nitrogens with one attached hydrogen (secondary N) is 1. The van der Waals surface area contributed by atoms with Gasteiger partial charge in [0.25, 0.3) is 0 Å². The lowest BCUT2D eigenvalue weighted by molar-refractivity contribution is 0.306. The molecule has 7 heteroatoms. The van der Waals surface area contributed by atoms with Crippen molar-refractivity contribution in [2.45, 2.75) is 19.8 Å². The van der Waals surface area contributed by atoms with Gasteiger partial charge in [-0.05, 0) is 49.2 Å². The standard InChI is InChI=1S/C13H21NO4S2/c1-12-4-6-13(7-5-12)18-10-3-2-8-14-9-11-19-20(15,16)17/h4-7,14H,2-3,8-11H2,1H3,(H,15,16,17). The predicted octanol–water partition coefficient (Wildman–Crippen LogP) is 2.28. The van der Waals surface area contributed by atoms with Gasteiger partial charge in [-0.3, -0.25) is 4.55 Å². The first-order valence-electron chi connectivity index (χ1n) is 6.49. The lowest BCUT2D eigenvalue weighted by Crippen LogP contribution is -2.19. The van der Waals surface area contributed by atoms with Gasteiger partial charge in [-0.25, -0.2) is 0 Å². The van der Waals surface area contributed by atoms with Crippen LogP contribution in [-0.4, -0.2) is 38.4 Å². The zero-order valence-corrected chi connectivity index (χ0v) is 13.2. The number of hydrogen-bond acceptors (Lipinski definition) is 5. The average Bonchev–Trinajstić information content (AvgIpc) is 2.37. The zero-order valence-electron chi connectivity index (χ0n) is 11.5. The first kappa shape index (κ1) is 17.3. The Hall–Kier alpha value is -0.760. The van der Waals surface area contributed by atoms with Crippen molar-refractivity contribution in [1.29, 1.82) is 0 Å². The summed E-state index contributed by atoms with van der Waals surface area (Å²) in [6.07, 6.45) is 1.90. The first-order chi connectivity index (χ1) is 9.47. The fourth-order valence-electron chi connectivity index (χ4n) is 1.52. The van der Waals surface area contributed by atoms with E-state index in [9.17, 15) is 8.42 Å². The molecular weight excluding hydrogens is 298 g/mol. The zero-order chi connectivity index (χ0) is 14.8. The normalized spacial score (nSPS) is 11.5. The molecule has 0 aliphatic rings. The number of benzene rings is 1. The van der Waals surface area contributed by atoms with Gasteiger partial charge in [-0.15, -0.1) is 0 Å². The summed E-state index contributed by atoms with van der Waals surface area (Å²) in [4.78, 5) is 0. The summed E-state index contributed by atoms with van der Waals surface area (Å²) < 4.78 is 35.0. The van der Waals surface area contributed by atoms with E-state index in [1.54, 1.807) is 0 Å². The molecule has 0 saturated heterocycles. The van der Waals surface area contributed by atoms with Crippen LogP contribution in [0.5, 0.6) is 5.75 Å². The molecule has 5 nitrogen and oxygen atoms in total. The molecule has 1 rings (SSSR count). The van der Waals surface area contributed by atoms with Crippen LogP contribution in [0.3, 0.4) is 0 Å². The molecule has 0 atom stereocenters. The van der Waals surface area contributed by atoms with E-state index >= 15 is 0 Å². The van der Waals surface area contributed by atoms with Crippen LogP contribution in [0, 0.1) is 6.92 Å². The second-order valence-electron chi connectivity index (χ2n) is 4.37. The van der Waals surface area contributed by atoms with E-state index in [0.29, 0.717) is 29.7 Å². The van der Waals surface area contributed by atoms with E-state index in [2.05, 4.69) is 5.32 Å². The maximum atomic E-state index is 10.4. The van der Waals surface area contributed by atoms with E-state index in [-0.39, 0.29) is 0 Å². The Balaban J connectivity index is 1.94. The van der Waals surface area contributed by atoms with Crippen molar-refractivity contribution < 1.29 is 17.7 Å². The van der Waals surface area contributed by atoms with Crippen molar-refractivity contribution in [2.75, 3.05) is 25.4 Å². The summed E-state index contributed by atoms with van der Waals surface area (Å²) in [5.41, 5.74) is 1.21. The van der Waals surface area contributed by atoms with Crippen molar-refractivity contribution in [3.8, 4) is 5.75 Å². The second kappa shape index (κ2) is 9.23. The molecule has 0 fully saturated rings. The quantitative estimate of drug-likeness (QED) is 0.391. The van der Waals surface area contributed by atoms with Gasteiger partial charge >= 0.3 is 9.15 Å². The van der Waals surface area contributed by atoms with E-state index in [1.807, 2.05) is 31.2 Å². The molecular formula is C13H21NO4S2. The van der Waals surface area contributed by atoms with E-state index < -0.39 is 9.15 Å². The van der Waals surface area contributed by atoms with Gasteiger partial charge in [-0.2, -0.15) is 8.42 Å². The highest BCUT2D eigenvalue weighted by Gasteiger charge is 2.03. The van der Waals surface area contributed by atoms with E-state index in [0.717, 1.165) is 25.1 Å². The second-order valence-corrected chi connectivity index (χ2v) is 7.84.